The summed E-state index contributed by atoms with van der Waals surface area (Å²) in [7, 11) is 1.83. The van der Waals surface area contributed by atoms with Gasteiger partial charge in [-0.25, -0.2) is 0 Å². The van der Waals surface area contributed by atoms with Gasteiger partial charge in [0.2, 0.25) is 0 Å². The highest BCUT2D eigenvalue weighted by atomic mass is 16.4. The second-order valence-corrected chi connectivity index (χ2v) is 1.66. The van der Waals surface area contributed by atoms with Crippen LogP contribution in [0.1, 0.15) is 19.6 Å². The van der Waals surface area contributed by atoms with Crippen LogP contribution in [-0.4, -0.2) is 7.05 Å². The Labute approximate surface area is 62.2 Å². The van der Waals surface area contributed by atoms with Gasteiger partial charge in [0.25, 0.3) is 0 Å². The zero-order valence-corrected chi connectivity index (χ0v) is 7.06. The predicted octanol–water partition coefficient (Wildman–Crippen LogP) is 2.66. The molecule has 0 saturated carbocycles. The van der Waals surface area contributed by atoms with Crippen molar-refractivity contribution < 1.29 is 4.42 Å². The molecule has 2 heteroatoms. The van der Waals surface area contributed by atoms with E-state index in [1.165, 1.54) is 0 Å². The Morgan fingerprint density at radius 3 is 2.10 bits per heavy atom. The van der Waals surface area contributed by atoms with Crippen LogP contribution in [0.5, 0.6) is 0 Å². The van der Waals surface area contributed by atoms with Gasteiger partial charge in [0.05, 0.1) is 0 Å². The van der Waals surface area contributed by atoms with E-state index in [4.69, 9.17) is 4.42 Å². The van der Waals surface area contributed by atoms with Gasteiger partial charge in [-0.05, 0) is 13.0 Å². The minimum Gasteiger partial charge on any atom is -0.446 e. The van der Waals surface area contributed by atoms with Crippen molar-refractivity contribution in [2.24, 2.45) is 0 Å². The topological polar surface area (TPSA) is 25.2 Å². The summed E-state index contributed by atoms with van der Waals surface area (Å²) >= 11 is 0. The average molecular weight is 141 g/mol. The predicted molar refractivity (Wildman–Crippen MR) is 44.3 cm³/mol. The van der Waals surface area contributed by atoms with E-state index in [9.17, 15) is 0 Å². The molecule has 0 spiro atoms. The Morgan fingerprint density at radius 1 is 1.30 bits per heavy atom. The van der Waals surface area contributed by atoms with Gasteiger partial charge in [-0.1, -0.05) is 13.8 Å². The van der Waals surface area contributed by atoms with E-state index in [1.54, 1.807) is 0 Å². The highest BCUT2D eigenvalue weighted by Gasteiger charge is 1.90. The van der Waals surface area contributed by atoms with E-state index in [0.29, 0.717) is 0 Å². The smallest absolute Gasteiger partial charge is 0.192 e. The fraction of sp³-hybridized carbons (Fsp3) is 0.500. The van der Waals surface area contributed by atoms with E-state index in [-0.39, 0.29) is 0 Å². The maximum Gasteiger partial charge on any atom is 0.192 e. The summed E-state index contributed by atoms with van der Waals surface area (Å²) in [6.07, 6.45) is 0. The van der Waals surface area contributed by atoms with Crippen LogP contribution in [0.2, 0.25) is 0 Å². The van der Waals surface area contributed by atoms with Crippen molar-refractivity contribution in [1.29, 1.82) is 0 Å². The van der Waals surface area contributed by atoms with Crippen molar-refractivity contribution in [2.45, 2.75) is 20.8 Å². The second-order valence-electron chi connectivity index (χ2n) is 1.66. The third kappa shape index (κ3) is 2.58. The molecular formula is C8H15NO. The zero-order valence-electron chi connectivity index (χ0n) is 7.06. The van der Waals surface area contributed by atoms with E-state index >= 15 is 0 Å². The lowest BCUT2D eigenvalue weighted by molar-refractivity contribution is 0.549. The van der Waals surface area contributed by atoms with Gasteiger partial charge < -0.3 is 9.73 Å². The molecule has 0 aliphatic heterocycles. The summed E-state index contributed by atoms with van der Waals surface area (Å²) in [6.45, 7) is 5.92. The molecule has 0 amide bonds. The normalized spacial score (nSPS) is 8.00. The number of anilines is 1. The van der Waals surface area contributed by atoms with Gasteiger partial charge in [0, 0.05) is 13.1 Å². The van der Waals surface area contributed by atoms with Gasteiger partial charge in [-0.3, -0.25) is 0 Å². The minimum absolute atomic E-state index is 0.822. The fourth-order valence-corrected chi connectivity index (χ4v) is 0.569. The number of nitrogens with one attached hydrogen (secondary N) is 1. The molecule has 0 radical (unpaired) electrons. The third-order valence-electron chi connectivity index (χ3n) is 0.987. The SMILES string of the molecule is CC.CNc1ccc(C)o1. The third-order valence-corrected chi connectivity index (χ3v) is 0.987. The largest absolute Gasteiger partial charge is 0.446 e. The van der Waals surface area contributed by atoms with Gasteiger partial charge in [-0.2, -0.15) is 0 Å². The van der Waals surface area contributed by atoms with Crippen LogP contribution in [-0.2, 0) is 0 Å². The first-order chi connectivity index (χ1) is 4.83. The summed E-state index contributed by atoms with van der Waals surface area (Å²) in [4.78, 5) is 0. The van der Waals surface area contributed by atoms with E-state index in [0.717, 1.165) is 11.6 Å². The highest BCUT2D eigenvalue weighted by molar-refractivity contribution is 5.30. The molecule has 0 aromatic carbocycles. The first-order valence-electron chi connectivity index (χ1n) is 3.57. The van der Waals surface area contributed by atoms with Crippen LogP contribution in [0.25, 0.3) is 0 Å². The van der Waals surface area contributed by atoms with E-state index in [1.807, 2.05) is 40.0 Å². The van der Waals surface area contributed by atoms with Crippen molar-refractivity contribution in [3.63, 3.8) is 0 Å². The van der Waals surface area contributed by atoms with Gasteiger partial charge >= 0.3 is 0 Å². The van der Waals surface area contributed by atoms with Gasteiger partial charge in [-0.15, -0.1) is 0 Å². The van der Waals surface area contributed by atoms with Crippen LogP contribution in [0, 0.1) is 6.92 Å². The number of rotatable bonds is 1. The number of hydrogen-bond donors (Lipinski definition) is 1. The Balaban J connectivity index is 0.000000371. The molecule has 58 valence electrons. The van der Waals surface area contributed by atoms with E-state index in [2.05, 4.69) is 5.32 Å². The number of hydrogen-bond acceptors (Lipinski definition) is 2. The summed E-state index contributed by atoms with van der Waals surface area (Å²) in [5.74, 6) is 1.76. The molecule has 0 aliphatic rings. The molecule has 1 aromatic heterocycles. The van der Waals surface area contributed by atoms with E-state index < -0.39 is 0 Å². The second kappa shape index (κ2) is 4.91. The first-order valence-corrected chi connectivity index (χ1v) is 3.57. The van der Waals surface area contributed by atoms with Crippen molar-refractivity contribution in [3.05, 3.63) is 17.9 Å². The zero-order chi connectivity index (χ0) is 7.98. The standard InChI is InChI=1S/C6H9NO.C2H6/c1-5-3-4-6(7-2)8-5;1-2/h3-4,7H,1-2H3;1-2H3. The molecule has 2 nitrogen and oxygen atoms in total. The lowest BCUT2D eigenvalue weighted by Gasteiger charge is -1.87. The van der Waals surface area contributed by atoms with Crippen molar-refractivity contribution in [1.82, 2.24) is 0 Å². The summed E-state index contributed by atoms with van der Waals surface area (Å²) in [5.41, 5.74) is 0. The van der Waals surface area contributed by atoms with Crippen LogP contribution < -0.4 is 5.32 Å². The molecule has 1 aromatic rings. The Kier molecular flexibility index (Phi) is 4.46. The maximum atomic E-state index is 5.12. The molecule has 0 bridgehead atoms. The molecule has 0 fully saturated rings. The lowest BCUT2D eigenvalue weighted by atomic mass is 10.5. The number of aryl methyl sites for hydroxylation is 1. The average Bonchev–Trinajstić information content (AvgIpc) is 2.40. The molecule has 1 heterocycles. The molecule has 1 rings (SSSR count). The van der Waals surface area contributed by atoms with Crippen LogP contribution in [0.4, 0.5) is 5.88 Å². The van der Waals surface area contributed by atoms with Crippen molar-refractivity contribution >= 4 is 5.88 Å². The lowest BCUT2D eigenvalue weighted by Crippen LogP contribution is -1.81. The highest BCUT2D eigenvalue weighted by Crippen LogP contribution is 2.09. The van der Waals surface area contributed by atoms with Gasteiger partial charge in [0.1, 0.15) is 5.76 Å². The van der Waals surface area contributed by atoms with Crippen LogP contribution in [0.15, 0.2) is 16.5 Å². The molecule has 10 heavy (non-hydrogen) atoms. The maximum absolute atomic E-state index is 5.12. The van der Waals surface area contributed by atoms with Crippen molar-refractivity contribution in [3.8, 4) is 0 Å². The first kappa shape index (κ1) is 9.08. The molecule has 0 unspecified atom stereocenters. The van der Waals surface area contributed by atoms with Crippen molar-refractivity contribution in [2.75, 3.05) is 12.4 Å². The molecular weight excluding hydrogens is 126 g/mol. The van der Waals surface area contributed by atoms with Crippen LogP contribution in [0.3, 0.4) is 0 Å². The fourth-order valence-electron chi connectivity index (χ4n) is 0.569. The Bertz CT molecular complexity index is 170. The molecule has 0 atom stereocenters. The Morgan fingerprint density at radius 2 is 1.90 bits per heavy atom. The monoisotopic (exact) mass is 141 g/mol. The number of furan rings is 1. The Hall–Kier alpha value is -0.920. The van der Waals surface area contributed by atoms with Gasteiger partial charge in [0.15, 0.2) is 5.88 Å². The minimum atomic E-state index is 0.822. The quantitative estimate of drug-likeness (QED) is 0.650. The molecule has 0 saturated heterocycles. The summed E-state index contributed by atoms with van der Waals surface area (Å²) < 4.78 is 5.12. The summed E-state index contributed by atoms with van der Waals surface area (Å²) in [6, 6.07) is 3.82. The molecule has 0 aliphatic carbocycles. The summed E-state index contributed by atoms with van der Waals surface area (Å²) in [5, 5.41) is 2.88. The molecule has 1 N–H and O–H groups in total. The van der Waals surface area contributed by atoms with Crippen LogP contribution >= 0.6 is 0 Å².